The Bertz CT molecular complexity index is 402. The Balaban J connectivity index is 2.48. The first-order valence-electron chi connectivity index (χ1n) is 7.98. The van der Waals surface area contributed by atoms with Crippen LogP contribution in [0.4, 0.5) is 4.39 Å². The monoisotopic (exact) mass is 294 g/mol. The maximum Gasteiger partial charge on any atom is 0.123 e. The molecule has 0 bridgehead atoms. The Kier molecular flexibility index (Phi) is 7.33. The molecule has 0 radical (unpaired) electrons. The lowest BCUT2D eigenvalue weighted by molar-refractivity contribution is 0.174. The lowest BCUT2D eigenvalue weighted by Crippen LogP contribution is -2.41. The van der Waals surface area contributed by atoms with Gasteiger partial charge in [-0.15, -0.1) is 0 Å². The third-order valence-electron chi connectivity index (χ3n) is 3.98. The second-order valence-corrected chi connectivity index (χ2v) is 6.99. The van der Waals surface area contributed by atoms with Crippen LogP contribution in [0.5, 0.6) is 0 Å². The van der Waals surface area contributed by atoms with Gasteiger partial charge in [-0.1, -0.05) is 39.8 Å². The van der Waals surface area contributed by atoms with Gasteiger partial charge in [0.05, 0.1) is 0 Å². The van der Waals surface area contributed by atoms with Crippen LogP contribution < -0.4 is 5.32 Å². The zero-order valence-corrected chi connectivity index (χ0v) is 14.2. The Morgan fingerprint density at radius 1 is 1.24 bits per heavy atom. The van der Waals surface area contributed by atoms with Crippen LogP contribution in [0.2, 0.25) is 0 Å². The largest absolute Gasteiger partial charge is 0.316 e. The van der Waals surface area contributed by atoms with Crippen LogP contribution in [0, 0.1) is 17.2 Å². The molecule has 120 valence electrons. The van der Waals surface area contributed by atoms with Gasteiger partial charge in [0, 0.05) is 19.6 Å². The minimum atomic E-state index is -0.169. The summed E-state index contributed by atoms with van der Waals surface area (Å²) < 4.78 is 12.9. The summed E-state index contributed by atoms with van der Waals surface area (Å²) in [6, 6.07) is 6.80. The van der Waals surface area contributed by atoms with Gasteiger partial charge in [0.1, 0.15) is 5.82 Å². The standard InChI is InChI=1S/C18H31FN2/c1-6-18(4,13-20-11-15(2)3)14-21(5)12-16-7-9-17(19)10-8-16/h7-10,15,20H,6,11-14H2,1-5H3. The highest BCUT2D eigenvalue weighted by atomic mass is 19.1. The third-order valence-corrected chi connectivity index (χ3v) is 3.98. The average molecular weight is 294 g/mol. The molecule has 3 heteroatoms. The summed E-state index contributed by atoms with van der Waals surface area (Å²) in [4.78, 5) is 2.33. The van der Waals surface area contributed by atoms with Gasteiger partial charge in [-0.05, 0) is 49.0 Å². The van der Waals surface area contributed by atoms with Gasteiger partial charge in [0.15, 0.2) is 0 Å². The molecule has 1 aromatic rings. The summed E-state index contributed by atoms with van der Waals surface area (Å²) in [7, 11) is 2.14. The van der Waals surface area contributed by atoms with Crippen LogP contribution in [0.3, 0.4) is 0 Å². The van der Waals surface area contributed by atoms with E-state index in [1.165, 1.54) is 12.1 Å². The molecule has 0 aromatic heterocycles. The van der Waals surface area contributed by atoms with E-state index in [2.05, 4.69) is 45.0 Å². The van der Waals surface area contributed by atoms with E-state index >= 15 is 0 Å². The highest BCUT2D eigenvalue weighted by Gasteiger charge is 2.23. The van der Waals surface area contributed by atoms with Crippen LogP contribution >= 0.6 is 0 Å². The van der Waals surface area contributed by atoms with E-state index in [9.17, 15) is 4.39 Å². The van der Waals surface area contributed by atoms with Gasteiger partial charge in [-0.25, -0.2) is 4.39 Å². The number of rotatable bonds is 9. The Labute approximate surface area is 129 Å². The Morgan fingerprint density at radius 2 is 1.86 bits per heavy atom. The summed E-state index contributed by atoms with van der Waals surface area (Å²) in [5.41, 5.74) is 1.43. The van der Waals surface area contributed by atoms with Gasteiger partial charge in [-0.3, -0.25) is 0 Å². The summed E-state index contributed by atoms with van der Waals surface area (Å²) in [5, 5.41) is 3.58. The van der Waals surface area contributed by atoms with Gasteiger partial charge >= 0.3 is 0 Å². The van der Waals surface area contributed by atoms with E-state index in [4.69, 9.17) is 0 Å². The number of benzene rings is 1. The molecule has 0 heterocycles. The molecule has 0 saturated heterocycles. The maximum absolute atomic E-state index is 12.9. The number of hydrogen-bond acceptors (Lipinski definition) is 2. The molecule has 2 nitrogen and oxygen atoms in total. The summed E-state index contributed by atoms with van der Waals surface area (Å²) in [6.45, 7) is 13.1. The van der Waals surface area contributed by atoms with Crippen molar-refractivity contribution < 1.29 is 4.39 Å². The SMILES string of the molecule is CCC(C)(CNCC(C)C)CN(C)Cc1ccc(F)cc1. The zero-order valence-electron chi connectivity index (χ0n) is 14.2. The summed E-state index contributed by atoms with van der Waals surface area (Å²) in [6.07, 6.45) is 1.14. The Morgan fingerprint density at radius 3 is 2.38 bits per heavy atom. The molecule has 0 aliphatic carbocycles. The van der Waals surface area contributed by atoms with Gasteiger partial charge in [0.2, 0.25) is 0 Å². The lowest BCUT2D eigenvalue weighted by atomic mass is 9.86. The molecule has 0 aliphatic rings. The van der Waals surface area contributed by atoms with Crippen molar-refractivity contribution >= 4 is 0 Å². The fourth-order valence-electron chi connectivity index (χ4n) is 2.56. The maximum atomic E-state index is 12.9. The third kappa shape index (κ3) is 7.05. The molecule has 0 fully saturated rings. The fourth-order valence-corrected chi connectivity index (χ4v) is 2.56. The van der Waals surface area contributed by atoms with Crippen molar-refractivity contribution in [3.8, 4) is 0 Å². The van der Waals surface area contributed by atoms with Crippen molar-refractivity contribution in [3.05, 3.63) is 35.6 Å². The van der Waals surface area contributed by atoms with Crippen molar-refractivity contribution in [2.45, 2.75) is 40.7 Å². The minimum Gasteiger partial charge on any atom is -0.316 e. The first kappa shape index (κ1) is 18.1. The van der Waals surface area contributed by atoms with E-state index < -0.39 is 0 Å². The van der Waals surface area contributed by atoms with Crippen molar-refractivity contribution in [3.63, 3.8) is 0 Å². The minimum absolute atomic E-state index is 0.169. The molecule has 1 N–H and O–H groups in total. The molecule has 0 aliphatic heterocycles. The van der Waals surface area contributed by atoms with Gasteiger partial charge in [0.25, 0.3) is 0 Å². The van der Waals surface area contributed by atoms with Crippen LogP contribution in [-0.2, 0) is 6.54 Å². The molecule has 0 saturated carbocycles. The normalized spacial score (nSPS) is 14.7. The molecule has 1 rings (SSSR count). The van der Waals surface area contributed by atoms with E-state index in [0.29, 0.717) is 5.92 Å². The first-order chi connectivity index (χ1) is 9.84. The van der Waals surface area contributed by atoms with Crippen molar-refractivity contribution in [2.75, 3.05) is 26.7 Å². The van der Waals surface area contributed by atoms with Crippen LogP contribution in [0.1, 0.15) is 39.7 Å². The summed E-state index contributed by atoms with van der Waals surface area (Å²) in [5.74, 6) is 0.515. The van der Waals surface area contributed by atoms with Crippen LogP contribution in [0.15, 0.2) is 24.3 Å². The van der Waals surface area contributed by atoms with E-state index in [1.807, 2.05) is 12.1 Å². The Hall–Kier alpha value is -0.930. The fraction of sp³-hybridized carbons (Fsp3) is 0.667. The number of halogens is 1. The lowest BCUT2D eigenvalue weighted by Gasteiger charge is -2.33. The highest BCUT2D eigenvalue weighted by molar-refractivity contribution is 5.15. The van der Waals surface area contributed by atoms with Crippen molar-refractivity contribution in [2.24, 2.45) is 11.3 Å². The molecule has 0 amide bonds. The van der Waals surface area contributed by atoms with Crippen molar-refractivity contribution in [1.29, 1.82) is 0 Å². The van der Waals surface area contributed by atoms with E-state index in [-0.39, 0.29) is 11.2 Å². The van der Waals surface area contributed by atoms with Crippen LogP contribution in [-0.4, -0.2) is 31.6 Å². The number of nitrogens with zero attached hydrogens (tertiary/aromatic N) is 1. The van der Waals surface area contributed by atoms with Crippen LogP contribution in [0.25, 0.3) is 0 Å². The van der Waals surface area contributed by atoms with Gasteiger partial charge < -0.3 is 10.2 Å². The second kappa shape index (κ2) is 8.50. The second-order valence-electron chi connectivity index (χ2n) is 6.99. The van der Waals surface area contributed by atoms with Crippen molar-refractivity contribution in [1.82, 2.24) is 10.2 Å². The molecule has 1 atom stereocenters. The molecule has 1 aromatic carbocycles. The zero-order chi connectivity index (χ0) is 15.9. The predicted octanol–water partition coefficient (Wildman–Crippen LogP) is 3.92. The highest BCUT2D eigenvalue weighted by Crippen LogP contribution is 2.22. The quantitative estimate of drug-likeness (QED) is 0.742. The van der Waals surface area contributed by atoms with Gasteiger partial charge in [-0.2, -0.15) is 0 Å². The molecule has 21 heavy (non-hydrogen) atoms. The predicted molar refractivity (Wildman–Crippen MR) is 88.8 cm³/mol. The van der Waals surface area contributed by atoms with E-state index in [0.717, 1.165) is 38.2 Å². The number of nitrogens with one attached hydrogen (secondary N) is 1. The topological polar surface area (TPSA) is 15.3 Å². The average Bonchev–Trinajstić information content (AvgIpc) is 2.41. The first-order valence-corrected chi connectivity index (χ1v) is 7.98. The molecule has 0 spiro atoms. The van der Waals surface area contributed by atoms with E-state index in [1.54, 1.807) is 0 Å². The molecular weight excluding hydrogens is 263 g/mol. The summed E-state index contributed by atoms with van der Waals surface area (Å²) >= 11 is 0. The molecular formula is C18H31FN2. The smallest absolute Gasteiger partial charge is 0.123 e. The molecule has 1 unspecified atom stereocenters. The number of hydrogen-bond donors (Lipinski definition) is 1.